The predicted molar refractivity (Wildman–Crippen MR) is 189 cm³/mol. The van der Waals surface area contributed by atoms with Crippen LogP contribution in [-0.2, 0) is 25.5 Å². The van der Waals surface area contributed by atoms with Gasteiger partial charge in [-0.2, -0.15) is 0 Å². The summed E-state index contributed by atoms with van der Waals surface area (Å²) in [6.07, 6.45) is 3.93. The Balaban J connectivity index is 0.000000230. The molecule has 0 aliphatic heterocycles. The third-order valence-corrected chi connectivity index (χ3v) is 9.85. The van der Waals surface area contributed by atoms with Gasteiger partial charge in [0.15, 0.2) is 0 Å². The average Bonchev–Trinajstić information content (AvgIpc) is 3.00. The number of pyridine rings is 3. The second kappa shape index (κ2) is 14.3. The maximum Gasteiger partial charge on any atom is 0.0795 e. The number of rotatable bonds is 4. The van der Waals surface area contributed by atoms with Crippen LogP contribution in [0.3, 0.4) is 0 Å². The number of hydrogen-bond acceptors (Lipinski definition) is 3. The molecule has 46 heavy (non-hydrogen) atoms. The first-order valence-electron chi connectivity index (χ1n) is 15.3. The van der Waals surface area contributed by atoms with Crippen molar-refractivity contribution in [1.29, 1.82) is 0 Å². The number of fused-ring (bicyclic) bond motifs is 1. The summed E-state index contributed by atoms with van der Waals surface area (Å²) >= 11 is 0. The molecule has 6 heteroatoms. The van der Waals surface area contributed by atoms with Gasteiger partial charge in [-0.15, -0.1) is 59.7 Å². The summed E-state index contributed by atoms with van der Waals surface area (Å²) in [7, 11) is -1.30. The number of aryl methyl sites for hydroxylation is 2. The molecule has 0 aliphatic carbocycles. The second-order valence-electron chi connectivity index (χ2n) is 13.6. The largest absolute Gasteiger partial charge is 0.305 e. The Kier molecular flexibility index (Phi) is 10.9. The Morgan fingerprint density at radius 2 is 1.50 bits per heavy atom. The Morgan fingerprint density at radius 1 is 0.761 bits per heavy atom. The van der Waals surface area contributed by atoms with E-state index in [4.69, 9.17) is 9.97 Å². The molecule has 0 spiro atoms. The molecule has 3 aromatic carbocycles. The van der Waals surface area contributed by atoms with Gasteiger partial charge in [0, 0.05) is 49.4 Å². The van der Waals surface area contributed by atoms with Gasteiger partial charge in [0.05, 0.1) is 13.8 Å². The third-order valence-electron chi connectivity index (χ3n) is 7.82. The molecule has 3 heterocycles. The third kappa shape index (κ3) is 8.30. The number of aromatic nitrogens is 3. The van der Waals surface area contributed by atoms with Crippen molar-refractivity contribution in [3.05, 3.63) is 132 Å². The topological polar surface area (TPSA) is 38.7 Å². The minimum atomic E-state index is -1.30. The molecule has 3 nitrogen and oxygen atoms in total. The first-order valence-corrected chi connectivity index (χ1v) is 18.8. The van der Waals surface area contributed by atoms with Crippen molar-refractivity contribution >= 4 is 24.0 Å². The van der Waals surface area contributed by atoms with Gasteiger partial charge in [0.25, 0.3) is 0 Å². The minimum Gasteiger partial charge on any atom is -0.305 e. The van der Waals surface area contributed by atoms with Gasteiger partial charge < -0.3 is 9.97 Å². The van der Waals surface area contributed by atoms with Gasteiger partial charge >= 0.3 is 0 Å². The van der Waals surface area contributed by atoms with Crippen molar-refractivity contribution in [3.8, 4) is 33.8 Å². The maximum absolute atomic E-state index is 12.8. The molecule has 6 aromatic rings. The predicted octanol–water partition coefficient (Wildman–Crippen LogP) is 9.91. The molecule has 0 atom stereocenters. The molecule has 237 valence electrons. The molecule has 3 aromatic heterocycles. The number of halogens is 1. The summed E-state index contributed by atoms with van der Waals surface area (Å²) in [6, 6.07) is 33.7. The summed E-state index contributed by atoms with van der Waals surface area (Å²) in [6.45, 7) is 17.7. The van der Waals surface area contributed by atoms with Crippen LogP contribution in [0.25, 0.3) is 44.5 Å². The van der Waals surface area contributed by atoms with E-state index in [0.717, 1.165) is 44.9 Å². The molecule has 0 bridgehead atoms. The van der Waals surface area contributed by atoms with Crippen LogP contribution in [0.5, 0.6) is 0 Å². The van der Waals surface area contributed by atoms with E-state index in [1.165, 1.54) is 33.8 Å². The van der Waals surface area contributed by atoms with Crippen LogP contribution in [0.15, 0.2) is 97.3 Å². The number of benzene rings is 3. The van der Waals surface area contributed by atoms with Gasteiger partial charge in [-0.3, -0.25) is 9.37 Å². The van der Waals surface area contributed by atoms with Crippen LogP contribution >= 0.6 is 0 Å². The number of hydrogen-bond donors (Lipinski definition) is 0. The van der Waals surface area contributed by atoms with Gasteiger partial charge in [-0.05, 0) is 52.9 Å². The van der Waals surface area contributed by atoms with E-state index >= 15 is 0 Å². The fourth-order valence-electron chi connectivity index (χ4n) is 5.36. The van der Waals surface area contributed by atoms with E-state index in [2.05, 4.69) is 119 Å². The standard InChI is InChI=1S/C26H25N2.C14H15FNSi.Ir/c1-17-13-24(27-16-23(17)26(3,4)5)20-10-8-11-21(15-20)25-22-12-7-6-9-19(22)14-18(2)28-25;1-17(2,3)13-8-9-14(16-10-13)11-4-6-12(15)7-5-11;/h6-9,11-16H,1-5H3;4,6-10H,1-3H3;/q2*-1;. The van der Waals surface area contributed by atoms with Gasteiger partial charge in [-0.1, -0.05) is 94.0 Å². The minimum absolute atomic E-state index is 0. The van der Waals surface area contributed by atoms with Crippen molar-refractivity contribution in [2.45, 2.75) is 59.7 Å². The quantitative estimate of drug-likeness (QED) is 0.132. The van der Waals surface area contributed by atoms with Crippen molar-refractivity contribution in [1.82, 2.24) is 15.0 Å². The van der Waals surface area contributed by atoms with Crippen LogP contribution < -0.4 is 5.19 Å². The zero-order valence-corrected chi connectivity index (χ0v) is 31.2. The molecule has 0 amide bonds. The Hall–Kier alpha value is -3.83. The molecule has 0 N–H and O–H groups in total. The zero-order valence-electron chi connectivity index (χ0n) is 27.8. The smallest absolute Gasteiger partial charge is 0.0795 e. The SMILES string of the molecule is C[Si](C)(C)c1ccc(-c2[c-]cc(F)cc2)nc1.Cc1cc2ccccc2c(-c2cc[c-]c(-c3cc(C)c(C(C)(C)C)cn3)c2)n1.[Ir]. The van der Waals surface area contributed by atoms with Crippen molar-refractivity contribution < 1.29 is 24.5 Å². The monoisotopic (exact) mass is 802 g/mol. The van der Waals surface area contributed by atoms with Gasteiger partial charge in [-0.25, -0.2) is 0 Å². The van der Waals surface area contributed by atoms with E-state index in [0.29, 0.717) is 0 Å². The normalized spacial score (nSPS) is 11.4. The number of nitrogens with zero attached hydrogens (tertiary/aromatic N) is 3. The van der Waals surface area contributed by atoms with Crippen molar-refractivity contribution in [2.75, 3.05) is 0 Å². The molecule has 1 radical (unpaired) electrons. The molecule has 0 aliphatic rings. The van der Waals surface area contributed by atoms with Crippen molar-refractivity contribution in [3.63, 3.8) is 0 Å². The molecule has 0 fully saturated rings. The molecule has 0 saturated heterocycles. The maximum atomic E-state index is 12.8. The van der Waals surface area contributed by atoms with E-state index in [1.807, 2.05) is 31.5 Å². The second-order valence-corrected chi connectivity index (χ2v) is 18.6. The fraction of sp³-hybridized carbons (Fsp3) is 0.225. The first kappa shape index (κ1) is 35.0. The van der Waals surface area contributed by atoms with Crippen LogP contribution in [0, 0.1) is 31.8 Å². The summed E-state index contributed by atoms with van der Waals surface area (Å²) in [5.41, 5.74) is 9.35. The van der Waals surface area contributed by atoms with Crippen LogP contribution in [-0.4, -0.2) is 23.0 Å². The zero-order chi connectivity index (χ0) is 32.4. The summed E-state index contributed by atoms with van der Waals surface area (Å²) in [5, 5.41) is 3.70. The fourth-order valence-corrected chi connectivity index (χ4v) is 6.40. The first-order chi connectivity index (χ1) is 21.3. The van der Waals surface area contributed by atoms with Crippen LogP contribution in [0.4, 0.5) is 4.39 Å². The summed E-state index contributed by atoms with van der Waals surface area (Å²) < 4.78 is 12.8. The van der Waals surface area contributed by atoms with Crippen LogP contribution in [0.1, 0.15) is 37.6 Å². The Morgan fingerprint density at radius 3 is 2.13 bits per heavy atom. The molecular weight excluding hydrogens is 762 g/mol. The molecule has 0 saturated carbocycles. The molecular formula is C40H40FIrN3Si-2. The van der Waals surface area contributed by atoms with Gasteiger partial charge in [0.2, 0.25) is 0 Å². The van der Waals surface area contributed by atoms with Gasteiger partial charge in [0.1, 0.15) is 0 Å². The molecule has 0 unspecified atom stereocenters. The Labute approximate surface area is 287 Å². The van der Waals surface area contributed by atoms with Crippen molar-refractivity contribution in [2.24, 2.45) is 0 Å². The van der Waals surface area contributed by atoms with E-state index < -0.39 is 8.07 Å². The van der Waals surface area contributed by atoms with E-state index in [1.54, 1.807) is 6.07 Å². The van der Waals surface area contributed by atoms with E-state index in [9.17, 15) is 4.39 Å². The van der Waals surface area contributed by atoms with Crippen LogP contribution in [0.2, 0.25) is 19.6 Å². The Bertz CT molecular complexity index is 1940. The molecule has 6 rings (SSSR count). The van der Waals surface area contributed by atoms with E-state index in [-0.39, 0.29) is 31.3 Å². The summed E-state index contributed by atoms with van der Waals surface area (Å²) in [5.74, 6) is -0.271. The summed E-state index contributed by atoms with van der Waals surface area (Å²) in [4.78, 5) is 14.0. The average molecular weight is 802 g/mol.